The Morgan fingerprint density at radius 2 is 2.23 bits per heavy atom. The number of aliphatic carboxylic acids is 1. The molecule has 3 aliphatic heterocycles. The molecule has 1 radical (unpaired) electrons. The number of carbonyl (C=O) groups is 2. The van der Waals surface area contributed by atoms with Gasteiger partial charge in [0, 0.05) is 57.1 Å². The molecule has 0 saturated carbocycles. The normalized spacial score (nSPS) is 35.0. The van der Waals surface area contributed by atoms with Gasteiger partial charge in [-0.1, -0.05) is 11.8 Å². The van der Waals surface area contributed by atoms with E-state index in [1.165, 1.54) is 28.4 Å². The van der Waals surface area contributed by atoms with Crippen molar-refractivity contribution in [2.24, 2.45) is 5.92 Å². The maximum Gasteiger partial charge on any atom is 0.354 e. The van der Waals surface area contributed by atoms with E-state index in [0.29, 0.717) is 15.7 Å². The smallest absolute Gasteiger partial charge is 0.354 e. The monoisotopic (exact) mass is 372 g/mol. The summed E-state index contributed by atoms with van der Waals surface area (Å²) >= 11 is 2.74. The molecule has 3 rings (SSSR count). The van der Waals surface area contributed by atoms with Gasteiger partial charge in [-0.3, -0.25) is 13.9 Å². The Hall–Kier alpha value is 0.490. The van der Waals surface area contributed by atoms with Crippen molar-refractivity contribution in [3.8, 4) is 0 Å². The Bertz CT molecular complexity index is 567. The Morgan fingerprint density at radius 1 is 1.55 bits per heavy atom. The van der Waals surface area contributed by atoms with Gasteiger partial charge in [-0.15, -0.1) is 11.8 Å². The predicted molar refractivity (Wildman–Crippen MR) is 87.7 cm³/mol. The number of fused-ring (bicyclic) bond motifs is 1. The van der Waals surface area contributed by atoms with Crippen LogP contribution in [-0.2, 0) is 20.4 Å². The molecule has 2 saturated heterocycles. The van der Waals surface area contributed by atoms with Crippen LogP contribution >= 0.6 is 23.5 Å². The minimum Gasteiger partial charge on any atom is -0.477 e. The fourth-order valence-corrected chi connectivity index (χ4v) is 7.97. The van der Waals surface area contributed by atoms with Gasteiger partial charge in [0.1, 0.15) is 5.37 Å². The summed E-state index contributed by atoms with van der Waals surface area (Å²) in [5.74, 6) is -0.768. The van der Waals surface area contributed by atoms with Gasteiger partial charge in [0.25, 0.3) is 0 Å². The van der Waals surface area contributed by atoms with Gasteiger partial charge in [0.15, 0.2) is 5.70 Å². The molecule has 1 amide bonds. The number of carbonyl (C=O) groups excluding carboxylic acids is 1. The number of hydrogen-bond donors (Lipinski definition) is 2. The van der Waals surface area contributed by atoms with Gasteiger partial charge in [0.05, 0.1) is 16.3 Å². The summed E-state index contributed by atoms with van der Waals surface area (Å²) in [6.45, 7) is 1.55. The predicted octanol–water partition coefficient (Wildman–Crippen LogP) is 0.0256. The average Bonchev–Trinajstić information content (AvgIpc) is 2.91. The van der Waals surface area contributed by atoms with E-state index in [1.807, 2.05) is 0 Å². The van der Waals surface area contributed by atoms with Gasteiger partial charge < -0.3 is 10.2 Å². The van der Waals surface area contributed by atoms with Crippen LogP contribution in [0.4, 0.5) is 0 Å². The molecule has 10 heteroatoms. The molecule has 0 aromatic rings. The average molecular weight is 372 g/mol. The molecule has 0 aliphatic carbocycles. The standard InChI is InChI=1S/C12H15NO5S3.Na/c1-5(14)7-9(15)13-8(11(16)17)12(20-10(7)13)19-6-2-3-21(18)4-6;/h5-7,10,14H,2-4H2,1H3,(H,16,17);/t5-,6?,7+,10-,21?;/m1./s1. The van der Waals surface area contributed by atoms with Crippen LogP contribution in [0.5, 0.6) is 0 Å². The Morgan fingerprint density at radius 3 is 2.73 bits per heavy atom. The molecule has 2 unspecified atom stereocenters. The number of carboxylic acid groups (broad SMARTS) is 1. The van der Waals surface area contributed by atoms with Crippen molar-refractivity contribution in [2.75, 3.05) is 11.5 Å². The first-order valence-corrected chi connectivity index (χ1v) is 9.82. The topological polar surface area (TPSA) is 94.9 Å². The van der Waals surface area contributed by atoms with Gasteiger partial charge >= 0.3 is 5.97 Å². The van der Waals surface area contributed by atoms with Gasteiger partial charge in [-0.05, 0) is 13.3 Å². The molecule has 5 atom stereocenters. The van der Waals surface area contributed by atoms with Crippen LogP contribution in [-0.4, -0.2) is 89.0 Å². The maximum absolute atomic E-state index is 12.0. The summed E-state index contributed by atoms with van der Waals surface area (Å²) in [5, 5.41) is 18.8. The first-order chi connectivity index (χ1) is 9.90. The summed E-state index contributed by atoms with van der Waals surface area (Å²) in [7, 11) is -0.819. The van der Waals surface area contributed by atoms with E-state index in [0.717, 1.165) is 6.42 Å². The van der Waals surface area contributed by atoms with Crippen molar-refractivity contribution < 1.29 is 24.0 Å². The molecule has 117 valence electrons. The zero-order valence-corrected chi connectivity index (χ0v) is 16.7. The minimum absolute atomic E-state index is 0. The van der Waals surface area contributed by atoms with Crippen molar-refractivity contribution in [3.63, 3.8) is 0 Å². The molecule has 2 fully saturated rings. The first kappa shape index (κ1) is 18.8. The summed E-state index contributed by atoms with van der Waals surface area (Å²) < 4.78 is 12.0. The summed E-state index contributed by atoms with van der Waals surface area (Å²) in [6.07, 6.45) is 0.0109. The van der Waals surface area contributed by atoms with Crippen LogP contribution in [0.3, 0.4) is 0 Å². The third kappa shape index (κ3) is 3.18. The zero-order chi connectivity index (χ0) is 15.3. The number of rotatable bonds is 4. The van der Waals surface area contributed by atoms with Crippen molar-refractivity contribution in [2.45, 2.75) is 30.1 Å². The fourth-order valence-electron chi connectivity index (χ4n) is 2.71. The Balaban J connectivity index is 0.00000176. The fraction of sp³-hybridized carbons (Fsp3) is 0.667. The van der Waals surface area contributed by atoms with E-state index in [1.54, 1.807) is 6.92 Å². The van der Waals surface area contributed by atoms with Crippen molar-refractivity contribution in [1.82, 2.24) is 4.90 Å². The summed E-state index contributed by atoms with van der Waals surface area (Å²) in [6, 6.07) is 0. The van der Waals surface area contributed by atoms with Gasteiger partial charge in [0.2, 0.25) is 5.91 Å². The van der Waals surface area contributed by atoms with Crippen LogP contribution in [0.1, 0.15) is 13.3 Å². The number of thioether (sulfide) groups is 2. The molecule has 3 aliphatic rings. The minimum atomic E-state index is -1.12. The Labute approximate surface area is 161 Å². The van der Waals surface area contributed by atoms with Gasteiger partial charge in [-0.2, -0.15) is 0 Å². The molecule has 6 nitrogen and oxygen atoms in total. The quantitative estimate of drug-likeness (QED) is 0.531. The molecule has 3 heterocycles. The summed E-state index contributed by atoms with van der Waals surface area (Å²) in [5.41, 5.74) is 0.0228. The van der Waals surface area contributed by atoms with Crippen LogP contribution in [0.25, 0.3) is 0 Å². The van der Waals surface area contributed by atoms with E-state index >= 15 is 0 Å². The second-order valence-corrected chi connectivity index (χ2v) is 9.58. The van der Waals surface area contributed by atoms with Gasteiger partial charge in [-0.25, -0.2) is 4.79 Å². The number of β-lactam (4-membered cyclic amide) rings is 1. The SMILES string of the molecule is C[C@@H](O)[C@H]1C(=O)N2C(C(=O)O)=C(SC3CCS(=O)C3)S[C@H]12.[Na]. The van der Waals surface area contributed by atoms with Crippen LogP contribution in [0.15, 0.2) is 9.93 Å². The third-order valence-corrected chi connectivity index (χ3v) is 8.33. The maximum atomic E-state index is 12.0. The third-order valence-electron chi connectivity index (χ3n) is 3.78. The van der Waals surface area contributed by atoms with Crippen LogP contribution < -0.4 is 0 Å². The molecule has 2 N–H and O–H groups in total. The number of carboxylic acids is 1. The number of amides is 1. The second-order valence-electron chi connectivity index (χ2n) is 5.26. The van der Waals surface area contributed by atoms with E-state index in [2.05, 4.69) is 0 Å². The summed E-state index contributed by atoms with van der Waals surface area (Å²) in [4.78, 5) is 24.8. The first-order valence-electron chi connectivity index (χ1n) is 6.57. The van der Waals surface area contributed by atoms with E-state index in [9.17, 15) is 24.0 Å². The molecule has 22 heavy (non-hydrogen) atoms. The van der Waals surface area contributed by atoms with Crippen molar-refractivity contribution in [1.29, 1.82) is 0 Å². The molecule has 0 aromatic heterocycles. The second kappa shape index (κ2) is 7.16. The van der Waals surface area contributed by atoms with E-state index in [-0.39, 0.29) is 51.8 Å². The molecule has 0 bridgehead atoms. The number of hydrogen-bond acceptors (Lipinski definition) is 6. The molecule has 0 spiro atoms. The number of nitrogens with zero attached hydrogens (tertiary/aromatic N) is 1. The van der Waals surface area contributed by atoms with Crippen LogP contribution in [0.2, 0.25) is 0 Å². The Kier molecular flexibility index (Phi) is 6.13. The number of aliphatic hydroxyl groups excluding tert-OH is 1. The van der Waals surface area contributed by atoms with Crippen LogP contribution in [0, 0.1) is 5.92 Å². The van der Waals surface area contributed by atoms with Crippen molar-refractivity contribution >= 4 is 75.8 Å². The molecular weight excluding hydrogens is 357 g/mol. The molecular formula is C12H15NNaO5S3. The molecule has 0 aromatic carbocycles. The van der Waals surface area contributed by atoms with E-state index < -0.39 is 28.8 Å². The van der Waals surface area contributed by atoms with E-state index in [4.69, 9.17) is 0 Å². The van der Waals surface area contributed by atoms with Crippen molar-refractivity contribution in [3.05, 3.63) is 9.93 Å². The largest absolute Gasteiger partial charge is 0.477 e. The zero-order valence-electron chi connectivity index (χ0n) is 12.2. The number of aliphatic hydroxyl groups is 1.